The summed E-state index contributed by atoms with van der Waals surface area (Å²) in [5.41, 5.74) is 3.85. The quantitative estimate of drug-likeness (QED) is 0.491. The standard InChI is InChI=1S/C15H22BrN3O2/c1-10-5-6-19(9-14(10)21-2)8-12-4-3-11(7-13(12)16)15(20)18-17/h3-4,7,10,14H,5-6,8-9,17H2,1-2H3,(H,18,20). The molecule has 6 heteroatoms. The van der Waals surface area contributed by atoms with Gasteiger partial charge in [0, 0.05) is 30.2 Å². The van der Waals surface area contributed by atoms with Crippen molar-refractivity contribution in [2.45, 2.75) is 26.0 Å². The average molecular weight is 356 g/mol. The Bertz CT molecular complexity index is 510. The summed E-state index contributed by atoms with van der Waals surface area (Å²) in [6.45, 7) is 5.09. The third kappa shape index (κ3) is 4.03. The molecule has 1 aromatic rings. The number of nitrogens with zero attached hydrogens (tertiary/aromatic N) is 1. The molecule has 0 aromatic heterocycles. The number of hydrazine groups is 1. The number of nitrogens with one attached hydrogen (secondary N) is 1. The van der Waals surface area contributed by atoms with Crippen molar-refractivity contribution in [3.05, 3.63) is 33.8 Å². The van der Waals surface area contributed by atoms with E-state index in [-0.39, 0.29) is 5.91 Å². The van der Waals surface area contributed by atoms with Gasteiger partial charge in [0.15, 0.2) is 0 Å². The Hall–Kier alpha value is -0.950. The van der Waals surface area contributed by atoms with Crippen molar-refractivity contribution in [1.82, 2.24) is 10.3 Å². The lowest BCUT2D eigenvalue weighted by Crippen LogP contribution is -2.43. The maximum absolute atomic E-state index is 11.5. The molecule has 1 aliphatic rings. The molecule has 0 bridgehead atoms. The molecule has 2 atom stereocenters. The maximum Gasteiger partial charge on any atom is 0.265 e. The number of carbonyl (C=O) groups is 1. The van der Waals surface area contributed by atoms with Crippen molar-refractivity contribution in [1.29, 1.82) is 0 Å². The number of amides is 1. The molecule has 0 spiro atoms. The van der Waals surface area contributed by atoms with E-state index in [0.717, 1.165) is 36.1 Å². The number of likely N-dealkylation sites (tertiary alicyclic amines) is 1. The zero-order valence-corrected chi connectivity index (χ0v) is 14.0. The SMILES string of the molecule is COC1CN(Cc2ccc(C(=O)NN)cc2Br)CCC1C. The normalized spacial score (nSPS) is 23.0. The minimum absolute atomic E-state index is 0.284. The molecular weight excluding hydrogens is 334 g/mol. The van der Waals surface area contributed by atoms with Crippen molar-refractivity contribution in [2.24, 2.45) is 11.8 Å². The Morgan fingerprint density at radius 2 is 2.33 bits per heavy atom. The van der Waals surface area contributed by atoms with E-state index in [1.165, 1.54) is 0 Å². The van der Waals surface area contributed by atoms with E-state index in [4.69, 9.17) is 10.6 Å². The minimum Gasteiger partial charge on any atom is -0.380 e. The van der Waals surface area contributed by atoms with Crippen molar-refractivity contribution in [2.75, 3.05) is 20.2 Å². The highest BCUT2D eigenvalue weighted by atomic mass is 79.9. The van der Waals surface area contributed by atoms with Gasteiger partial charge in [-0.05, 0) is 36.6 Å². The van der Waals surface area contributed by atoms with Gasteiger partial charge in [-0.2, -0.15) is 0 Å². The van der Waals surface area contributed by atoms with E-state index < -0.39 is 0 Å². The molecule has 0 saturated carbocycles. The summed E-state index contributed by atoms with van der Waals surface area (Å²) in [7, 11) is 1.78. The van der Waals surface area contributed by atoms with Crippen LogP contribution in [0.15, 0.2) is 22.7 Å². The summed E-state index contributed by atoms with van der Waals surface area (Å²) in [4.78, 5) is 13.9. The summed E-state index contributed by atoms with van der Waals surface area (Å²) >= 11 is 3.54. The summed E-state index contributed by atoms with van der Waals surface area (Å²) < 4.78 is 6.47. The summed E-state index contributed by atoms with van der Waals surface area (Å²) in [5.74, 6) is 5.47. The predicted octanol–water partition coefficient (Wildman–Crippen LogP) is 1.91. The van der Waals surface area contributed by atoms with E-state index in [1.54, 1.807) is 19.2 Å². The van der Waals surface area contributed by atoms with Gasteiger partial charge in [0.1, 0.15) is 0 Å². The molecule has 5 nitrogen and oxygen atoms in total. The largest absolute Gasteiger partial charge is 0.380 e. The topological polar surface area (TPSA) is 67.6 Å². The zero-order valence-electron chi connectivity index (χ0n) is 12.4. The van der Waals surface area contributed by atoms with E-state index in [2.05, 4.69) is 33.2 Å². The van der Waals surface area contributed by atoms with Crippen molar-refractivity contribution in [3.63, 3.8) is 0 Å². The van der Waals surface area contributed by atoms with E-state index in [1.807, 2.05) is 6.07 Å². The van der Waals surface area contributed by atoms with Crippen LogP contribution in [0.5, 0.6) is 0 Å². The van der Waals surface area contributed by atoms with Gasteiger partial charge >= 0.3 is 0 Å². The number of hydrogen-bond acceptors (Lipinski definition) is 4. The van der Waals surface area contributed by atoms with Gasteiger partial charge in [-0.3, -0.25) is 15.1 Å². The minimum atomic E-state index is -0.284. The second-order valence-electron chi connectivity index (χ2n) is 5.55. The highest BCUT2D eigenvalue weighted by Gasteiger charge is 2.26. The fraction of sp³-hybridized carbons (Fsp3) is 0.533. The number of carbonyl (C=O) groups excluding carboxylic acids is 1. The molecule has 1 amide bonds. The van der Waals surface area contributed by atoms with Crippen LogP contribution in [0.25, 0.3) is 0 Å². The molecule has 1 aliphatic heterocycles. The second-order valence-corrected chi connectivity index (χ2v) is 6.41. The molecule has 2 rings (SSSR count). The fourth-order valence-electron chi connectivity index (χ4n) is 2.69. The molecule has 1 aromatic carbocycles. The molecule has 0 aliphatic carbocycles. The number of nitrogens with two attached hydrogens (primary N) is 1. The first kappa shape index (κ1) is 16.4. The number of hydrogen-bond donors (Lipinski definition) is 2. The van der Waals surface area contributed by atoms with Crippen LogP contribution in [0.1, 0.15) is 29.3 Å². The second kappa shape index (κ2) is 7.35. The molecule has 21 heavy (non-hydrogen) atoms. The van der Waals surface area contributed by atoms with E-state index >= 15 is 0 Å². The molecular formula is C15H22BrN3O2. The lowest BCUT2D eigenvalue weighted by Gasteiger charge is -2.36. The number of methoxy groups -OCH3 is 1. The van der Waals surface area contributed by atoms with Crippen molar-refractivity contribution >= 4 is 21.8 Å². The summed E-state index contributed by atoms with van der Waals surface area (Å²) in [6.07, 6.45) is 1.43. The van der Waals surface area contributed by atoms with Crippen LogP contribution in [0, 0.1) is 5.92 Å². The first-order valence-corrected chi connectivity index (χ1v) is 7.89. The smallest absolute Gasteiger partial charge is 0.265 e. The van der Waals surface area contributed by atoms with Crippen LogP contribution >= 0.6 is 15.9 Å². The van der Waals surface area contributed by atoms with Crippen LogP contribution in [0.2, 0.25) is 0 Å². The molecule has 116 valence electrons. The van der Waals surface area contributed by atoms with Gasteiger partial charge in [-0.15, -0.1) is 0 Å². The average Bonchev–Trinajstić information content (AvgIpc) is 2.50. The highest BCUT2D eigenvalue weighted by Crippen LogP contribution is 2.24. The number of ether oxygens (including phenoxy) is 1. The molecule has 1 fully saturated rings. The fourth-order valence-corrected chi connectivity index (χ4v) is 3.19. The molecule has 3 N–H and O–H groups in total. The number of piperidine rings is 1. The van der Waals surface area contributed by atoms with Crippen molar-refractivity contribution < 1.29 is 9.53 Å². The van der Waals surface area contributed by atoms with Gasteiger partial charge < -0.3 is 4.74 Å². The first-order valence-electron chi connectivity index (χ1n) is 7.09. The summed E-state index contributed by atoms with van der Waals surface area (Å²) in [5, 5.41) is 0. The number of halogens is 1. The number of nitrogen functional groups attached to an aromatic ring is 1. The molecule has 2 unspecified atom stereocenters. The van der Waals surface area contributed by atoms with Crippen LogP contribution in [0.3, 0.4) is 0 Å². The van der Waals surface area contributed by atoms with E-state index in [9.17, 15) is 4.79 Å². The zero-order chi connectivity index (χ0) is 15.4. The summed E-state index contributed by atoms with van der Waals surface area (Å²) in [6, 6.07) is 5.56. The van der Waals surface area contributed by atoms with Crippen LogP contribution < -0.4 is 11.3 Å². The first-order chi connectivity index (χ1) is 10.0. The van der Waals surface area contributed by atoms with Crippen LogP contribution in [0.4, 0.5) is 0 Å². The van der Waals surface area contributed by atoms with Crippen LogP contribution in [-0.4, -0.2) is 37.1 Å². The van der Waals surface area contributed by atoms with Gasteiger partial charge in [0.25, 0.3) is 5.91 Å². The Morgan fingerprint density at radius 1 is 1.57 bits per heavy atom. The predicted molar refractivity (Wildman–Crippen MR) is 85.7 cm³/mol. The third-order valence-corrected chi connectivity index (χ3v) is 4.85. The highest BCUT2D eigenvalue weighted by molar-refractivity contribution is 9.10. The Labute approximate surface area is 133 Å². The molecule has 0 radical (unpaired) electrons. The molecule has 1 saturated heterocycles. The van der Waals surface area contributed by atoms with Gasteiger partial charge in [-0.1, -0.05) is 28.9 Å². The lowest BCUT2D eigenvalue weighted by atomic mass is 9.95. The van der Waals surface area contributed by atoms with Gasteiger partial charge in [0.2, 0.25) is 0 Å². The molecule has 1 heterocycles. The van der Waals surface area contributed by atoms with Gasteiger partial charge in [-0.25, -0.2) is 5.84 Å². The Balaban J connectivity index is 2.04. The van der Waals surface area contributed by atoms with Gasteiger partial charge in [0.05, 0.1) is 6.10 Å². The van der Waals surface area contributed by atoms with Crippen LogP contribution in [-0.2, 0) is 11.3 Å². The number of rotatable bonds is 4. The Kier molecular flexibility index (Phi) is 5.75. The monoisotopic (exact) mass is 355 g/mol. The number of benzene rings is 1. The maximum atomic E-state index is 11.5. The Morgan fingerprint density at radius 3 is 2.95 bits per heavy atom. The van der Waals surface area contributed by atoms with Crippen molar-refractivity contribution in [3.8, 4) is 0 Å². The van der Waals surface area contributed by atoms with E-state index in [0.29, 0.717) is 17.6 Å². The lowest BCUT2D eigenvalue weighted by molar-refractivity contribution is -0.00750. The third-order valence-electron chi connectivity index (χ3n) is 4.12.